The molecule has 0 spiro atoms. The van der Waals surface area contributed by atoms with Crippen molar-refractivity contribution >= 4 is 27.5 Å². The molecule has 1 aromatic carbocycles. The Bertz CT molecular complexity index is 408. The van der Waals surface area contributed by atoms with E-state index in [4.69, 9.17) is 4.74 Å². The van der Waals surface area contributed by atoms with E-state index in [1.54, 1.807) is 7.11 Å². The highest BCUT2D eigenvalue weighted by Crippen LogP contribution is 2.27. The van der Waals surface area contributed by atoms with Crippen LogP contribution in [0.15, 0.2) is 22.7 Å². The third-order valence-corrected chi connectivity index (χ3v) is 2.90. The van der Waals surface area contributed by atoms with E-state index in [-0.39, 0.29) is 11.9 Å². The van der Waals surface area contributed by atoms with Crippen LogP contribution < -0.4 is 15.4 Å². The van der Waals surface area contributed by atoms with Gasteiger partial charge in [0.25, 0.3) is 0 Å². The van der Waals surface area contributed by atoms with Crippen molar-refractivity contribution in [3.05, 3.63) is 22.7 Å². The highest BCUT2D eigenvalue weighted by atomic mass is 79.9. The van der Waals surface area contributed by atoms with Gasteiger partial charge in [-0.25, -0.2) is 0 Å². The molecule has 0 aromatic heterocycles. The lowest BCUT2D eigenvalue weighted by Crippen LogP contribution is -2.31. The van der Waals surface area contributed by atoms with Gasteiger partial charge in [0.1, 0.15) is 5.75 Å². The Morgan fingerprint density at radius 3 is 2.72 bits per heavy atom. The number of carbonyl (C=O) groups excluding carboxylic acids is 1. The molecule has 1 amide bonds. The van der Waals surface area contributed by atoms with Gasteiger partial charge in [-0.3, -0.25) is 4.79 Å². The van der Waals surface area contributed by atoms with Crippen LogP contribution in [0.25, 0.3) is 0 Å². The number of anilines is 1. The van der Waals surface area contributed by atoms with Gasteiger partial charge in [-0.05, 0) is 48.0 Å². The molecule has 0 radical (unpaired) electrons. The smallest absolute Gasteiger partial charge is 0.221 e. The molecule has 0 bridgehead atoms. The topological polar surface area (TPSA) is 50.4 Å². The number of rotatable bonds is 6. The lowest BCUT2D eigenvalue weighted by atomic mass is 10.3. The van der Waals surface area contributed by atoms with E-state index in [2.05, 4.69) is 26.6 Å². The zero-order chi connectivity index (χ0) is 13.5. The van der Waals surface area contributed by atoms with Crippen LogP contribution in [0.3, 0.4) is 0 Å². The van der Waals surface area contributed by atoms with Gasteiger partial charge in [-0.15, -0.1) is 0 Å². The summed E-state index contributed by atoms with van der Waals surface area (Å²) in [6.45, 7) is 4.51. The second-order valence-electron chi connectivity index (χ2n) is 4.25. The second-order valence-corrected chi connectivity index (χ2v) is 5.10. The maximum atomic E-state index is 11.4. The predicted octanol–water partition coefficient (Wildman–Crippen LogP) is 2.78. The van der Waals surface area contributed by atoms with Crippen molar-refractivity contribution in [3.63, 3.8) is 0 Å². The fourth-order valence-corrected chi connectivity index (χ4v) is 2.03. The molecule has 18 heavy (non-hydrogen) atoms. The van der Waals surface area contributed by atoms with E-state index in [1.165, 1.54) is 0 Å². The number of benzene rings is 1. The van der Waals surface area contributed by atoms with E-state index in [0.717, 1.165) is 15.9 Å². The van der Waals surface area contributed by atoms with Gasteiger partial charge in [0.05, 0.1) is 11.6 Å². The van der Waals surface area contributed by atoms with Gasteiger partial charge < -0.3 is 15.4 Å². The van der Waals surface area contributed by atoms with Gasteiger partial charge in [-0.1, -0.05) is 0 Å². The summed E-state index contributed by atoms with van der Waals surface area (Å²) in [5, 5.41) is 6.04. The van der Waals surface area contributed by atoms with Crippen molar-refractivity contribution in [3.8, 4) is 5.75 Å². The molecule has 0 aliphatic heterocycles. The van der Waals surface area contributed by atoms with Gasteiger partial charge in [0.2, 0.25) is 5.91 Å². The van der Waals surface area contributed by atoms with E-state index in [0.29, 0.717) is 13.0 Å². The fourth-order valence-electron chi connectivity index (χ4n) is 1.49. The first-order valence-corrected chi connectivity index (χ1v) is 6.69. The first-order chi connectivity index (χ1) is 8.52. The van der Waals surface area contributed by atoms with Crippen LogP contribution in [0.2, 0.25) is 0 Å². The molecule has 0 saturated heterocycles. The Labute approximate surface area is 116 Å². The predicted molar refractivity (Wildman–Crippen MR) is 77.1 cm³/mol. The summed E-state index contributed by atoms with van der Waals surface area (Å²) in [5.41, 5.74) is 0.958. The highest BCUT2D eigenvalue weighted by molar-refractivity contribution is 9.10. The van der Waals surface area contributed by atoms with Crippen LogP contribution in [0.4, 0.5) is 5.69 Å². The quantitative estimate of drug-likeness (QED) is 0.849. The van der Waals surface area contributed by atoms with Crippen LogP contribution in [-0.2, 0) is 4.79 Å². The molecule has 5 heteroatoms. The summed E-state index contributed by atoms with van der Waals surface area (Å²) in [6.07, 6.45) is 0.460. The molecule has 1 rings (SSSR count). The molecular formula is C13H19BrN2O2. The van der Waals surface area contributed by atoms with Crippen LogP contribution in [-0.4, -0.2) is 25.6 Å². The Morgan fingerprint density at radius 2 is 2.17 bits per heavy atom. The molecule has 4 nitrogen and oxygen atoms in total. The van der Waals surface area contributed by atoms with Crippen molar-refractivity contribution < 1.29 is 9.53 Å². The Balaban J connectivity index is 2.40. The molecule has 2 N–H and O–H groups in total. The average molecular weight is 315 g/mol. The number of ether oxygens (including phenoxy) is 1. The normalized spacial score (nSPS) is 10.3. The number of halogens is 1. The van der Waals surface area contributed by atoms with Crippen molar-refractivity contribution in [2.24, 2.45) is 0 Å². The third kappa shape index (κ3) is 4.96. The van der Waals surface area contributed by atoms with Crippen molar-refractivity contribution in [1.82, 2.24) is 5.32 Å². The number of methoxy groups -OCH3 is 1. The number of carbonyl (C=O) groups is 1. The van der Waals surface area contributed by atoms with Crippen LogP contribution in [0.1, 0.15) is 20.3 Å². The second kappa shape index (κ2) is 7.26. The Hall–Kier alpha value is -1.23. The molecule has 0 heterocycles. The first-order valence-electron chi connectivity index (χ1n) is 5.89. The summed E-state index contributed by atoms with van der Waals surface area (Å²) in [4.78, 5) is 11.4. The lowest BCUT2D eigenvalue weighted by Gasteiger charge is -2.10. The zero-order valence-electron chi connectivity index (χ0n) is 10.9. The minimum absolute atomic E-state index is 0.0603. The van der Waals surface area contributed by atoms with Gasteiger partial charge in [0, 0.05) is 24.7 Å². The summed E-state index contributed by atoms with van der Waals surface area (Å²) in [5.74, 6) is 0.850. The molecule has 0 atom stereocenters. The first kappa shape index (κ1) is 14.8. The van der Waals surface area contributed by atoms with Gasteiger partial charge in [-0.2, -0.15) is 0 Å². The molecule has 100 valence electrons. The molecule has 1 aromatic rings. The van der Waals surface area contributed by atoms with Crippen molar-refractivity contribution in [2.45, 2.75) is 26.3 Å². The summed E-state index contributed by atoms with van der Waals surface area (Å²) < 4.78 is 6.04. The largest absolute Gasteiger partial charge is 0.496 e. The molecule has 0 unspecified atom stereocenters. The third-order valence-electron chi connectivity index (χ3n) is 2.28. The molecule has 0 saturated carbocycles. The van der Waals surface area contributed by atoms with E-state index in [1.807, 2.05) is 32.0 Å². The maximum Gasteiger partial charge on any atom is 0.221 e. The van der Waals surface area contributed by atoms with E-state index >= 15 is 0 Å². The van der Waals surface area contributed by atoms with E-state index < -0.39 is 0 Å². The summed E-state index contributed by atoms with van der Waals surface area (Å²) >= 11 is 3.42. The maximum absolute atomic E-state index is 11.4. The highest BCUT2D eigenvalue weighted by Gasteiger charge is 2.04. The Kier molecular flexibility index (Phi) is 5.98. The Morgan fingerprint density at radius 1 is 1.44 bits per heavy atom. The zero-order valence-corrected chi connectivity index (χ0v) is 12.5. The number of hydrogen-bond donors (Lipinski definition) is 2. The van der Waals surface area contributed by atoms with E-state index in [9.17, 15) is 4.79 Å². The molecular weight excluding hydrogens is 296 g/mol. The minimum atomic E-state index is 0.0603. The standard InChI is InChI=1S/C13H19BrN2O2/c1-9(2)16-13(17)6-7-15-10-4-5-12(18-3)11(14)8-10/h4-5,8-9,15H,6-7H2,1-3H3,(H,16,17). The van der Waals surface area contributed by atoms with Crippen molar-refractivity contribution in [1.29, 1.82) is 0 Å². The summed E-state index contributed by atoms with van der Waals surface area (Å²) in [6, 6.07) is 5.91. The average Bonchev–Trinajstić information content (AvgIpc) is 2.28. The van der Waals surface area contributed by atoms with Gasteiger partial charge in [0.15, 0.2) is 0 Å². The minimum Gasteiger partial charge on any atom is -0.496 e. The fraction of sp³-hybridized carbons (Fsp3) is 0.462. The lowest BCUT2D eigenvalue weighted by molar-refractivity contribution is -0.121. The van der Waals surface area contributed by atoms with Crippen LogP contribution in [0, 0.1) is 0 Å². The number of amides is 1. The number of hydrogen-bond acceptors (Lipinski definition) is 3. The molecule has 0 aliphatic rings. The SMILES string of the molecule is COc1ccc(NCCC(=O)NC(C)C)cc1Br. The summed E-state index contributed by atoms with van der Waals surface area (Å²) in [7, 11) is 1.63. The number of nitrogens with one attached hydrogen (secondary N) is 2. The van der Waals surface area contributed by atoms with Crippen molar-refractivity contribution in [2.75, 3.05) is 19.0 Å². The molecule has 0 fully saturated rings. The molecule has 0 aliphatic carbocycles. The monoisotopic (exact) mass is 314 g/mol. The van der Waals surface area contributed by atoms with Crippen LogP contribution in [0.5, 0.6) is 5.75 Å². The van der Waals surface area contributed by atoms with Crippen LogP contribution >= 0.6 is 15.9 Å². The van der Waals surface area contributed by atoms with Gasteiger partial charge >= 0.3 is 0 Å².